The van der Waals surface area contributed by atoms with Crippen LogP contribution in [0, 0.1) is 6.92 Å². The van der Waals surface area contributed by atoms with Gasteiger partial charge in [-0.3, -0.25) is 14.5 Å². The predicted octanol–water partition coefficient (Wildman–Crippen LogP) is 0.985. The summed E-state index contributed by atoms with van der Waals surface area (Å²) in [6, 6.07) is 1.76. The SMILES string of the molecule is CCC(C(=O)NC1CC1)N1C(=O)CCn2nc(C)cc21. The molecular formula is C14H20N4O2. The van der Waals surface area contributed by atoms with E-state index in [2.05, 4.69) is 10.4 Å². The molecule has 2 heterocycles. The van der Waals surface area contributed by atoms with Gasteiger partial charge in [0.2, 0.25) is 11.8 Å². The minimum Gasteiger partial charge on any atom is -0.352 e. The number of hydrogen-bond donors (Lipinski definition) is 1. The number of carbonyl (C=O) groups excluding carboxylic acids is 2. The second-order valence-electron chi connectivity index (χ2n) is 5.59. The Morgan fingerprint density at radius 3 is 2.95 bits per heavy atom. The van der Waals surface area contributed by atoms with E-state index in [4.69, 9.17) is 0 Å². The monoisotopic (exact) mass is 276 g/mol. The zero-order chi connectivity index (χ0) is 14.3. The highest BCUT2D eigenvalue weighted by Gasteiger charge is 2.36. The molecular weight excluding hydrogens is 256 g/mol. The molecule has 2 amide bonds. The molecule has 3 rings (SSSR count). The molecule has 1 aliphatic carbocycles. The van der Waals surface area contributed by atoms with Gasteiger partial charge >= 0.3 is 0 Å². The van der Waals surface area contributed by atoms with Crippen molar-refractivity contribution in [1.82, 2.24) is 15.1 Å². The fourth-order valence-corrected chi connectivity index (χ4v) is 2.68. The minimum absolute atomic E-state index is 0.00944. The maximum atomic E-state index is 12.4. The fourth-order valence-electron chi connectivity index (χ4n) is 2.68. The molecule has 1 aromatic rings. The topological polar surface area (TPSA) is 67.2 Å². The van der Waals surface area contributed by atoms with Crippen molar-refractivity contribution in [2.75, 3.05) is 4.90 Å². The van der Waals surface area contributed by atoms with Gasteiger partial charge in [0.15, 0.2) is 0 Å². The van der Waals surface area contributed by atoms with Gasteiger partial charge in [-0.05, 0) is 26.2 Å². The van der Waals surface area contributed by atoms with Gasteiger partial charge in [0.05, 0.1) is 12.2 Å². The van der Waals surface area contributed by atoms with Crippen molar-refractivity contribution < 1.29 is 9.59 Å². The lowest BCUT2D eigenvalue weighted by molar-refractivity contribution is -0.127. The summed E-state index contributed by atoms with van der Waals surface area (Å²) >= 11 is 0. The lowest BCUT2D eigenvalue weighted by Gasteiger charge is -2.33. The van der Waals surface area contributed by atoms with Crippen LogP contribution in [0.25, 0.3) is 0 Å². The highest BCUT2D eigenvalue weighted by atomic mass is 16.2. The molecule has 0 radical (unpaired) electrons. The number of anilines is 1. The van der Waals surface area contributed by atoms with Gasteiger partial charge < -0.3 is 5.32 Å². The van der Waals surface area contributed by atoms with Crippen molar-refractivity contribution in [1.29, 1.82) is 0 Å². The fraction of sp³-hybridized carbons (Fsp3) is 0.643. The number of amides is 2. The summed E-state index contributed by atoms with van der Waals surface area (Å²) in [7, 11) is 0. The van der Waals surface area contributed by atoms with Crippen LogP contribution in [0.2, 0.25) is 0 Å². The van der Waals surface area contributed by atoms with Gasteiger partial charge in [-0.15, -0.1) is 0 Å². The summed E-state index contributed by atoms with van der Waals surface area (Å²) in [6.45, 7) is 4.44. The van der Waals surface area contributed by atoms with Crippen LogP contribution in [0.3, 0.4) is 0 Å². The van der Waals surface area contributed by atoms with Crippen LogP contribution in [-0.2, 0) is 16.1 Å². The maximum Gasteiger partial charge on any atom is 0.243 e. The second-order valence-corrected chi connectivity index (χ2v) is 5.59. The Bertz CT molecular complexity index is 547. The molecule has 2 aliphatic rings. The third-order valence-electron chi connectivity index (χ3n) is 3.86. The molecule has 6 heteroatoms. The molecule has 1 aromatic heterocycles. The van der Waals surface area contributed by atoms with E-state index < -0.39 is 6.04 Å². The number of hydrogen-bond acceptors (Lipinski definition) is 3. The van der Waals surface area contributed by atoms with Gasteiger partial charge in [-0.1, -0.05) is 6.92 Å². The normalized spacial score (nSPS) is 19.7. The zero-order valence-corrected chi connectivity index (χ0v) is 11.9. The molecule has 1 N–H and O–H groups in total. The highest BCUT2D eigenvalue weighted by Crippen LogP contribution is 2.27. The number of rotatable bonds is 4. The Morgan fingerprint density at radius 2 is 2.30 bits per heavy atom. The second kappa shape index (κ2) is 4.92. The van der Waals surface area contributed by atoms with Crippen LogP contribution in [0.1, 0.15) is 38.3 Å². The Morgan fingerprint density at radius 1 is 1.55 bits per heavy atom. The summed E-state index contributed by atoms with van der Waals surface area (Å²) in [4.78, 5) is 26.3. The highest BCUT2D eigenvalue weighted by molar-refractivity contribution is 6.01. The molecule has 0 saturated heterocycles. The molecule has 1 fully saturated rings. The molecule has 6 nitrogen and oxygen atoms in total. The van der Waals surface area contributed by atoms with Gasteiger partial charge in [0.1, 0.15) is 11.9 Å². The van der Waals surface area contributed by atoms with Gasteiger partial charge in [0, 0.05) is 18.5 Å². The number of nitrogens with zero attached hydrogens (tertiary/aromatic N) is 3. The average Bonchev–Trinajstić information content (AvgIpc) is 3.13. The van der Waals surface area contributed by atoms with E-state index in [1.54, 1.807) is 4.90 Å². The Labute approximate surface area is 118 Å². The molecule has 0 aromatic carbocycles. The van der Waals surface area contributed by atoms with Gasteiger partial charge in [-0.2, -0.15) is 5.10 Å². The van der Waals surface area contributed by atoms with Crippen molar-refractivity contribution in [2.24, 2.45) is 0 Å². The van der Waals surface area contributed by atoms with E-state index in [9.17, 15) is 9.59 Å². The molecule has 20 heavy (non-hydrogen) atoms. The van der Waals surface area contributed by atoms with Crippen molar-refractivity contribution in [3.8, 4) is 0 Å². The lowest BCUT2D eigenvalue weighted by Crippen LogP contribution is -2.52. The van der Waals surface area contributed by atoms with E-state index >= 15 is 0 Å². The van der Waals surface area contributed by atoms with Gasteiger partial charge in [-0.25, -0.2) is 4.68 Å². The van der Waals surface area contributed by atoms with E-state index in [1.807, 2.05) is 24.6 Å². The molecule has 1 aliphatic heterocycles. The van der Waals surface area contributed by atoms with Crippen molar-refractivity contribution in [2.45, 2.75) is 58.2 Å². The van der Waals surface area contributed by atoms with Crippen LogP contribution < -0.4 is 10.2 Å². The molecule has 1 saturated carbocycles. The largest absolute Gasteiger partial charge is 0.352 e. The van der Waals surface area contributed by atoms with E-state index in [-0.39, 0.29) is 11.8 Å². The number of fused-ring (bicyclic) bond motifs is 1. The summed E-state index contributed by atoms with van der Waals surface area (Å²) in [5, 5.41) is 7.37. The number of nitrogens with one attached hydrogen (secondary N) is 1. The van der Waals surface area contributed by atoms with Crippen molar-refractivity contribution >= 4 is 17.6 Å². The van der Waals surface area contributed by atoms with E-state index in [1.165, 1.54) is 0 Å². The molecule has 108 valence electrons. The first-order chi connectivity index (χ1) is 9.60. The summed E-state index contributed by atoms with van der Waals surface area (Å²) in [5.41, 5.74) is 0.872. The van der Waals surface area contributed by atoms with Crippen LogP contribution in [0.5, 0.6) is 0 Å². The van der Waals surface area contributed by atoms with Crippen LogP contribution in [0.15, 0.2) is 6.07 Å². The lowest BCUT2D eigenvalue weighted by atomic mass is 10.1. The third kappa shape index (κ3) is 2.30. The van der Waals surface area contributed by atoms with Crippen LogP contribution in [0.4, 0.5) is 5.82 Å². The number of aromatic nitrogens is 2. The summed E-state index contributed by atoms with van der Waals surface area (Å²) in [6.07, 6.45) is 3.11. The quantitative estimate of drug-likeness (QED) is 0.891. The van der Waals surface area contributed by atoms with Gasteiger partial charge in [0.25, 0.3) is 0 Å². The molecule has 0 bridgehead atoms. The van der Waals surface area contributed by atoms with E-state index in [0.717, 1.165) is 24.4 Å². The average molecular weight is 276 g/mol. The minimum atomic E-state index is -0.432. The Kier molecular flexibility index (Phi) is 3.23. The smallest absolute Gasteiger partial charge is 0.243 e. The summed E-state index contributed by atoms with van der Waals surface area (Å²) in [5.74, 6) is 0.711. The number of aryl methyl sites for hydroxylation is 2. The Balaban J connectivity index is 1.88. The first-order valence-corrected chi connectivity index (χ1v) is 7.27. The zero-order valence-electron chi connectivity index (χ0n) is 11.9. The standard InChI is InChI=1S/C14H20N4O2/c1-3-11(14(20)15-10-4-5-10)18-12-8-9(2)16-17(12)7-6-13(18)19/h8,10-11H,3-7H2,1-2H3,(H,15,20). The number of carbonyl (C=O) groups is 2. The molecule has 1 atom stereocenters. The molecule has 1 unspecified atom stereocenters. The van der Waals surface area contributed by atoms with Crippen molar-refractivity contribution in [3.05, 3.63) is 11.8 Å². The first kappa shape index (κ1) is 13.1. The van der Waals surface area contributed by atoms with Crippen LogP contribution in [-0.4, -0.2) is 33.7 Å². The Hall–Kier alpha value is -1.85. The van der Waals surface area contributed by atoms with Crippen molar-refractivity contribution in [3.63, 3.8) is 0 Å². The summed E-state index contributed by atoms with van der Waals surface area (Å²) < 4.78 is 1.82. The first-order valence-electron chi connectivity index (χ1n) is 7.27. The predicted molar refractivity (Wildman–Crippen MR) is 74.3 cm³/mol. The maximum absolute atomic E-state index is 12.4. The van der Waals surface area contributed by atoms with Crippen LogP contribution >= 0.6 is 0 Å². The third-order valence-corrected chi connectivity index (χ3v) is 3.86. The van der Waals surface area contributed by atoms with E-state index in [0.29, 0.717) is 25.4 Å². The molecule has 0 spiro atoms.